The van der Waals surface area contributed by atoms with Crippen molar-refractivity contribution in [3.63, 3.8) is 0 Å². The topological polar surface area (TPSA) is 58.6 Å². The van der Waals surface area contributed by atoms with Crippen LogP contribution in [-0.4, -0.2) is 21.5 Å². The molecule has 0 saturated carbocycles. The second-order valence-electron chi connectivity index (χ2n) is 3.25. The molecular weight excluding hydrogens is 172 g/mol. The van der Waals surface area contributed by atoms with E-state index in [2.05, 4.69) is 25.9 Å². The highest BCUT2D eigenvalue weighted by molar-refractivity contribution is 8.01. The van der Waals surface area contributed by atoms with Crippen LogP contribution in [0.1, 0.15) is 27.7 Å². The number of nitrogens with zero attached hydrogens (tertiary/aromatic N) is 1. The molecule has 4 heteroatoms. The molecule has 0 fully saturated rings. The van der Waals surface area contributed by atoms with Gasteiger partial charge in [0.2, 0.25) is 0 Å². The van der Waals surface area contributed by atoms with E-state index in [1.165, 1.54) is 0 Å². The molecule has 0 aliphatic rings. The predicted octanol–water partition coefficient (Wildman–Crippen LogP) is 1.90. The molecule has 0 spiro atoms. The van der Waals surface area contributed by atoms with Crippen molar-refractivity contribution in [2.75, 3.05) is 0 Å². The van der Waals surface area contributed by atoms with E-state index in [4.69, 9.17) is 10.9 Å². The van der Waals surface area contributed by atoms with E-state index in [0.717, 1.165) is 0 Å². The number of thioether (sulfide) groups is 1. The van der Waals surface area contributed by atoms with Gasteiger partial charge >= 0.3 is 0 Å². The van der Waals surface area contributed by atoms with E-state index in [0.29, 0.717) is 17.0 Å². The molecule has 2 atom stereocenters. The van der Waals surface area contributed by atoms with Crippen molar-refractivity contribution in [1.82, 2.24) is 0 Å². The third kappa shape index (κ3) is 3.85. The second-order valence-corrected chi connectivity index (χ2v) is 4.98. The van der Waals surface area contributed by atoms with Gasteiger partial charge in [-0.15, -0.1) is 11.8 Å². The highest BCUT2D eigenvalue weighted by atomic mass is 32.2. The van der Waals surface area contributed by atoms with Crippen LogP contribution in [-0.2, 0) is 0 Å². The lowest BCUT2D eigenvalue weighted by Crippen LogP contribution is -2.26. The monoisotopic (exact) mass is 190 g/mol. The van der Waals surface area contributed by atoms with Gasteiger partial charge in [-0.05, 0) is 12.8 Å². The van der Waals surface area contributed by atoms with E-state index >= 15 is 0 Å². The average molecular weight is 190 g/mol. The van der Waals surface area contributed by atoms with Gasteiger partial charge < -0.3 is 10.9 Å². The van der Waals surface area contributed by atoms with Crippen LogP contribution in [0.25, 0.3) is 0 Å². The molecule has 0 rings (SSSR count). The molecule has 0 aliphatic heterocycles. The standard InChI is InChI=1S/C8H18N2OS/c1-5(2)6(3)12-7(4)8(9)10-11/h5-7,11H,1-4H3,(H2,9,10). The number of amidine groups is 1. The maximum absolute atomic E-state index is 8.41. The molecule has 0 radical (unpaired) electrons. The van der Waals surface area contributed by atoms with Crippen LogP contribution in [0.5, 0.6) is 0 Å². The lowest BCUT2D eigenvalue weighted by Gasteiger charge is -2.18. The molecular formula is C8H18N2OS. The first-order valence-corrected chi connectivity index (χ1v) is 5.06. The fourth-order valence-electron chi connectivity index (χ4n) is 0.630. The quantitative estimate of drug-likeness (QED) is 0.308. The van der Waals surface area contributed by atoms with E-state index in [1.54, 1.807) is 11.8 Å². The maximum atomic E-state index is 8.41. The third-order valence-corrected chi connectivity index (χ3v) is 3.51. The normalized spacial score (nSPS) is 17.9. The lowest BCUT2D eigenvalue weighted by atomic mass is 10.2. The Kier molecular flexibility index (Phi) is 5.13. The molecule has 0 aromatic heterocycles. The van der Waals surface area contributed by atoms with Crippen molar-refractivity contribution < 1.29 is 5.21 Å². The van der Waals surface area contributed by atoms with Gasteiger partial charge in [-0.2, -0.15) is 0 Å². The van der Waals surface area contributed by atoms with Gasteiger partial charge in [0, 0.05) is 5.25 Å². The minimum absolute atomic E-state index is 0.0902. The number of oxime groups is 1. The molecule has 0 bridgehead atoms. The van der Waals surface area contributed by atoms with Crippen LogP contribution < -0.4 is 5.73 Å². The number of hydrogen-bond acceptors (Lipinski definition) is 3. The molecule has 0 saturated heterocycles. The summed E-state index contributed by atoms with van der Waals surface area (Å²) in [4.78, 5) is 0. The van der Waals surface area contributed by atoms with Crippen LogP contribution >= 0.6 is 11.8 Å². The zero-order valence-electron chi connectivity index (χ0n) is 8.11. The third-order valence-electron chi connectivity index (χ3n) is 1.89. The molecule has 0 amide bonds. The summed E-state index contributed by atoms with van der Waals surface area (Å²) in [6.07, 6.45) is 0. The molecule has 0 aliphatic carbocycles. The minimum atomic E-state index is 0.0902. The van der Waals surface area contributed by atoms with E-state index in [-0.39, 0.29) is 5.25 Å². The molecule has 0 aromatic carbocycles. The Balaban J connectivity index is 3.92. The highest BCUT2D eigenvalue weighted by Crippen LogP contribution is 2.23. The van der Waals surface area contributed by atoms with Crippen molar-refractivity contribution in [2.24, 2.45) is 16.8 Å². The SMILES string of the molecule is CC(SC(C)C(C)C)C(N)=NO. The largest absolute Gasteiger partial charge is 0.409 e. The van der Waals surface area contributed by atoms with Gasteiger partial charge in [-0.25, -0.2) is 0 Å². The smallest absolute Gasteiger partial charge is 0.152 e. The van der Waals surface area contributed by atoms with Crippen LogP contribution in [0, 0.1) is 5.92 Å². The van der Waals surface area contributed by atoms with E-state index in [1.807, 2.05) is 6.92 Å². The Hall–Kier alpha value is -0.380. The van der Waals surface area contributed by atoms with Gasteiger partial charge in [0.15, 0.2) is 5.84 Å². The molecule has 0 heterocycles. The van der Waals surface area contributed by atoms with Gasteiger partial charge in [0.1, 0.15) is 0 Å². The molecule has 12 heavy (non-hydrogen) atoms. The van der Waals surface area contributed by atoms with Crippen molar-refractivity contribution in [3.05, 3.63) is 0 Å². The van der Waals surface area contributed by atoms with Gasteiger partial charge in [0.05, 0.1) is 5.25 Å². The zero-order valence-corrected chi connectivity index (χ0v) is 8.93. The Morgan fingerprint density at radius 2 is 1.83 bits per heavy atom. The van der Waals surface area contributed by atoms with E-state index in [9.17, 15) is 0 Å². The molecule has 0 aromatic rings. The Bertz CT molecular complexity index is 159. The summed E-state index contributed by atoms with van der Waals surface area (Å²) in [5.74, 6) is 0.913. The van der Waals surface area contributed by atoms with Crippen molar-refractivity contribution in [3.8, 4) is 0 Å². The molecule has 72 valence electrons. The summed E-state index contributed by atoms with van der Waals surface area (Å²) in [5, 5.41) is 12.0. The van der Waals surface area contributed by atoms with Gasteiger partial charge in [-0.3, -0.25) is 0 Å². The molecule has 3 N–H and O–H groups in total. The molecule has 3 nitrogen and oxygen atoms in total. The van der Waals surface area contributed by atoms with Crippen LogP contribution in [0.2, 0.25) is 0 Å². The summed E-state index contributed by atoms with van der Waals surface area (Å²) < 4.78 is 0. The first-order valence-electron chi connectivity index (χ1n) is 4.12. The summed E-state index contributed by atoms with van der Waals surface area (Å²) in [6, 6.07) is 0. The lowest BCUT2D eigenvalue weighted by molar-refractivity contribution is 0.317. The van der Waals surface area contributed by atoms with Crippen molar-refractivity contribution in [1.29, 1.82) is 0 Å². The zero-order chi connectivity index (χ0) is 9.72. The second kappa shape index (κ2) is 5.30. The van der Waals surface area contributed by atoms with Crippen LogP contribution in [0.4, 0.5) is 0 Å². The fourth-order valence-corrected chi connectivity index (χ4v) is 1.77. The van der Waals surface area contributed by atoms with Gasteiger partial charge in [-0.1, -0.05) is 25.9 Å². The summed E-state index contributed by atoms with van der Waals surface area (Å²) in [5.41, 5.74) is 5.44. The maximum Gasteiger partial charge on any atom is 0.152 e. The number of rotatable bonds is 4. The van der Waals surface area contributed by atoms with Crippen LogP contribution in [0.15, 0.2) is 5.16 Å². The minimum Gasteiger partial charge on any atom is -0.409 e. The predicted molar refractivity (Wildman–Crippen MR) is 54.8 cm³/mol. The summed E-state index contributed by atoms with van der Waals surface area (Å²) in [7, 11) is 0. The Morgan fingerprint density at radius 1 is 1.33 bits per heavy atom. The number of hydrogen-bond donors (Lipinski definition) is 2. The Labute approximate surface area is 78.4 Å². The average Bonchev–Trinajstić information content (AvgIpc) is 2.02. The fraction of sp³-hybridized carbons (Fsp3) is 0.875. The number of nitrogens with two attached hydrogens (primary N) is 1. The van der Waals surface area contributed by atoms with Crippen molar-refractivity contribution >= 4 is 17.6 Å². The van der Waals surface area contributed by atoms with Crippen LogP contribution in [0.3, 0.4) is 0 Å². The highest BCUT2D eigenvalue weighted by Gasteiger charge is 2.15. The first-order chi connectivity index (χ1) is 5.49. The summed E-state index contributed by atoms with van der Waals surface area (Å²) >= 11 is 1.72. The first kappa shape index (κ1) is 11.6. The Morgan fingerprint density at radius 3 is 2.17 bits per heavy atom. The van der Waals surface area contributed by atoms with E-state index < -0.39 is 0 Å². The van der Waals surface area contributed by atoms with Crippen molar-refractivity contribution in [2.45, 2.75) is 38.2 Å². The summed E-state index contributed by atoms with van der Waals surface area (Å²) in [6.45, 7) is 8.42. The molecule has 2 unspecified atom stereocenters. The van der Waals surface area contributed by atoms with Gasteiger partial charge in [0.25, 0.3) is 0 Å².